The Morgan fingerprint density at radius 1 is 1.28 bits per heavy atom. The molecule has 18 heavy (non-hydrogen) atoms. The maximum atomic E-state index is 4.47. The van der Waals surface area contributed by atoms with Crippen LogP contribution >= 0.6 is 0 Å². The van der Waals surface area contributed by atoms with Crippen LogP contribution in [-0.4, -0.2) is 15.8 Å². The fraction of sp³-hybridized carbons (Fsp3) is 0.800. The first-order valence-corrected chi connectivity index (χ1v) is 7.42. The van der Waals surface area contributed by atoms with E-state index in [4.69, 9.17) is 0 Å². The van der Waals surface area contributed by atoms with Crippen molar-refractivity contribution in [2.45, 2.75) is 71.9 Å². The minimum atomic E-state index is 0.603. The van der Waals surface area contributed by atoms with Gasteiger partial charge in [0.1, 0.15) is 0 Å². The van der Waals surface area contributed by atoms with E-state index in [-0.39, 0.29) is 0 Å². The molecule has 0 amide bonds. The highest BCUT2D eigenvalue weighted by Gasteiger charge is 2.07. The molecule has 1 atom stereocenters. The zero-order chi connectivity index (χ0) is 13.4. The lowest BCUT2D eigenvalue weighted by molar-refractivity contribution is 0.482. The van der Waals surface area contributed by atoms with Gasteiger partial charge >= 0.3 is 0 Å². The van der Waals surface area contributed by atoms with Crippen molar-refractivity contribution in [2.75, 3.05) is 0 Å². The minimum Gasteiger partial charge on any atom is -0.310 e. The Kier molecular flexibility index (Phi) is 7.02. The van der Waals surface area contributed by atoms with Gasteiger partial charge in [-0.3, -0.25) is 4.68 Å². The zero-order valence-electron chi connectivity index (χ0n) is 12.5. The standard InChI is InChI=1S/C15H29N3/c1-5-7-8-9-10-13(3)16-11-14-12-18(4)17-15(14)6-2/h12-13,16H,5-11H2,1-4H3. The van der Waals surface area contributed by atoms with Crippen LogP contribution in [0.4, 0.5) is 0 Å². The number of unbranched alkanes of at least 4 members (excludes halogenated alkanes) is 3. The summed E-state index contributed by atoms with van der Waals surface area (Å²) in [5.41, 5.74) is 2.57. The lowest BCUT2D eigenvalue weighted by atomic mass is 10.1. The Hall–Kier alpha value is -0.830. The predicted octanol–water partition coefficient (Wildman–Crippen LogP) is 3.43. The summed E-state index contributed by atoms with van der Waals surface area (Å²) in [4.78, 5) is 0. The summed E-state index contributed by atoms with van der Waals surface area (Å²) in [5, 5.41) is 8.08. The van der Waals surface area contributed by atoms with Crippen molar-refractivity contribution in [3.05, 3.63) is 17.5 Å². The van der Waals surface area contributed by atoms with Crippen LogP contribution in [-0.2, 0) is 20.0 Å². The Morgan fingerprint density at radius 3 is 2.72 bits per heavy atom. The largest absolute Gasteiger partial charge is 0.310 e. The maximum Gasteiger partial charge on any atom is 0.0666 e. The van der Waals surface area contributed by atoms with E-state index >= 15 is 0 Å². The highest BCUT2D eigenvalue weighted by Crippen LogP contribution is 2.09. The zero-order valence-corrected chi connectivity index (χ0v) is 12.5. The lowest BCUT2D eigenvalue weighted by Gasteiger charge is -2.13. The van der Waals surface area contributed by atoms with Gasteiger partial charge in [-0.05, 0) is 19.8 Å². The van der Waals surface area contributed by atoms with Crippen LogP contribution in [0, 0.1) is 0 Å². The molecule has 1 N–H and O–H groups in total. The lowest BCUT2D eigenvalue weighted by Crippen LogP contribution is -2.25. The summed E-state index contributed by atoms with van der Waals surface area (Å²) < 4.78 is 1.92. The SMILES string of the molecule is CCCCCCC(C)NCc1cn(C)nc1CC. The first-order valence-electron chi connectivity index (χ1n) is 7.42. The molecule has 1 unspecified atom stereocenters. The van der Waals surface area contributed by atoms with Crippen molar-refractivity contribution < 1.29 is 0 Å². The molecule has 3 nitrogen and oxygen atoms in total. The average molecular weight is 251 g/mol. The molecule has 0 aliphatic carbocycles. The summed E-state index contributed by atoms with van der Waals surface area (Å²) in [6.07, 6.45) is 9.83. The van der Waals surface area contributed by atoms with Crippen LogP contribution in [0.3, 0.4) is 0 Å². The van der Waals surface area contributed by atoms with Crippen molar-refractivity contribution in [2.24, 2.45) is 7.05 Å². The van der Waals surface area contributed by atoms with Gasteiger partial charge in [0.05, 0.1) is 5.69 Å². The molecule has 0 aromatic carbocycles. The first kappa shape index (κ1) is 15.2. The summed E-state index contributed by atoms with van der Waals surface area (Å²) in [7, 11) is 2.00. The number of aromatic nitrogens is 2. The number of nitrogens with one attached hydrogen (secondary N) is 1. The summed E-state index contributed by atoms with van der Waals surface area (Å²) in [6.45, 7) is 7.66. The van der Waals surface area contributed by atoms with E-state index in [9.17, 15) is 0 Å². The van der Waals surface area contributed by atoms with Crippen LogP contribution in [0.25, 0.3) is 0 Å². The van der Waals surface area contributed by atoms with E-state index in [2.05, 4.69) is 37.4 Å². The molecule has 0 aliphatic rings. The molecule has 0 bridgehead atoms. The molecule has 0 saturated heterocycles. The molecular formula is C15H29N3. The molecule has 1 heterocycles. The van der Waals surface area contributed by atoms with Crippen LogP contribution < -0.4 is 5.32 Å². The average Bonchev–Trinajstić information content (AvgIpc) is 2.72. The third-order valence-electron chi connectivity index (χ3n) is 3.46. The molecule has 0 saturated carbocycles. The van der Waals surface area contributed by atoms with Crippen LogP contribution in [0.5, 0.6) is 0 Å². The number of hydrogen-bond acceptors (Lipinski definition) is 2. The predicted molar refractivity (Wildman–Crippen MR) is 77.6 cm³/mol. The van der Waals surface area contributed by atoms with E-state index in [0.717, 1.165) is 13.0 Å². The van der Waals surface area contributed by atoms with Gasteiger partial charge in [0.2, 0.25) is 0 Å². The Labute approximate surface area is 112 Å². The van der Waals surface area contributed by atoms with Crippen molar-refractivity contribution in [3.63, 3.8) is 0 Å². The van der Waals surface area contributed by atoms with Crippen LogP contribution in [0.1, 0.15) is 64.1 Å². The highest BCUT2D eigenvalue weighted by atomic mass is 15.3. The maximum absolute atomic E-state index is 4.47. The molecule has 1 rings (SSSR count). The van der Waals surface area contributed by atoms with Gasteiger partial charge < -0.3 is 5.32 Å². The quantitative estimate of drug-likeness (QED) is 0.681. The van der Waals surface area contributed by atoms with E-state index in [1.54, 1.807) is 0 Å². The molecule has 0 radical (unpaired) electrons. The topological polar surface area (TPSA) is 29.9 Å². The smallest absolute Gasteiger partial charge is 0.0666 e. The second-order valence-corrected chi connectivity index (χ2v) is 5.26. The molecule has 1 aromatic rings. The number of aryl methyl sites for hydroxylation is 2. The summed E-state index contributed by atoms with van der Waals surface area (Å²) >= 11 is 0. The third-order valence-corrected chi connectivity index (χ3v) is 3.46. The van der Waals surface area contributed by atoms with Crippen molar-refractivity contribution in [1.29, 1.82) is 0 Å². The van der Waals surface area contributed by atoms with Crippen molar-refractivity contribution >= 4 is 0 Å². The minimum absolute atomic E-state index is 0.603. The third kappa shape index (κ3) is 5.21. The van der Waals surface area contributed by atoms with Gasteiger partial charge in [-0.15, -0.1) is 0 Å². The molecule has 1 aromatic heterocycles. The molecule has 3 heteroatoms. The van der Waals surface area contributed by atoms with Gasteiger partial charge in [0, 0.05) is 31.4 Å². The summed E-state index contributed by atoms with van der Waals surface area (Å²) in [5.74, 6) is 0. The van der Waals surface area contributed by atoms with Gasteiger partial charge in [0.25, 0.3) is 0 Å². The molecule has 0 fully saturated rings. The van der Waals surface area contributed by atoms with Gasteiger partial charge in [0.15, 0.2) is 0 Å². The Bertz CT molecular complexity index is 330. The summed E-state index contributed by atoms with van der Waals surface area (Å²) in [6, 6.07) is 0.603. The van der Waals surface area contributed by atoms with Gasteiger partial charge in [-0.1, -0.05) is 39.5 Å². The van der Waals surface area contributed by atoms with E-state index < -0.39 is 0 Å². The second-order valence-electron chi connectivity index (χ2n) is 5.26. The number of nitrogens with zero attached hydrogens (tertiary/aromatic N) is 2. The first-order chi connectivity index (χ1) is 8.67. The Balaban J connectivity index is 2.26. The van der Waals surface area contributed by atoms with Crippen molar-refractivity contribution in [3.8, 4) is 0 Å². The highest BCUT2D eigenvalue weighted by molar-refractivity contribution is 5.16. The normalized spacial score (nSPS) is 12.9. The number of hydrogen-bond donors (Lipinski definition) is 1. The molecule has 104 valence electrons. The Morgan fingerprint density at radius 2 is 2.06 bits per heavy atom. The fourth-order valence-electron chi connectivity index (χ4n) is 2.29. The van der Waals surface area contributed by atoms with Crippen molar-refractivity contribution in [1.82, 2.24) is 15.1 Å². The fourth-order valence-corrected chi connectivity index (χ4v) is 2.29. The van der Waals surface area contributed by atoms with E-state index in [0.29, 0.717) is 6.04 Å². The van der Waals surface area contributed by atoms with E-state index in [1.165, 1.54) is 43.4 Å². The van der Waals surface area contributed by atoms with Crippen LogP contribution in [0.2, 0.25) is 0 Å². The monoisotopic (exact) mass is 251 g/mol. The van der Waals surface area contributed by atoms with E-state index in [1.807, 2.05) is 11.7 Å². The van der Waals surface area contributed by atoms with Gasteiger partial charge in [-0.2, -0.15) is 5.10 Å². The number of rotatable bonds is 9. The molecular weight excluding hydrogens is 222 g/mol. The van der Waals surface area contributed by atoms with Crippen LogP contribution in [0.15, 0.2) is 6.20 Å². The molecule has 0 spiro atoms. The molecule has 0 aliphatic heterocycles. The second kappa shape index (κ2) is 8.30. The van der Waals surface area contributed by atoms with Gasteiger partial charge in [-0.25, -0.2) is 0 Å².